The molecule has 0 N–H and O–H groups in total. The summed E-state index contributed by atoms with van der Waals surface area (Å²) in [4.78, 5) is 15.8. The van der Waals surface area contributed by atoms with Crippen molar-refractivity contribution in [2.75, 3.05) is 13.1 Å². The molecule has 1 aliphatic heterocycles. The number of nitrogens with zero attached hydrogens (tertiary/aromatic N) is 4. The van der Waals surface area contributed by atoms with Gasteiger partial charge in [-0.05, 0) is 56.5 Å². The van der Waals surface area contributed by atoms with Gasteiger partial charge in [0.2, 0.25) is 0 Å². The van der Waals surface area contributed by atoms with Crippen LogP contribution in [0.15, 0.2) is 36.9 Å². The van der Waals surface area contributed by atoms with Gasteiger partial charge in [-0.3, -0.25) is 0 Å². The van der Waals surface area contributed by atoms with Crippen LogP contribution in [-0.4, -0.2) is 39.0 Å². The highest BCUT2D eigenvalue weighted by Crippen LogP contribution is 2.43. The predicted octanol–water partition coefficient (Wildman–Crippen LogP) is 4.10. The molecule has 1 aromatic carbocycles. The van der Waals surface area contributed by atoms with Crippen LogP contribution in [0.3, 0.4) is 0 Å². The first-order valence-corrected chi connectivity index (χ1v) is 9.58. The van der Waals surface area contributed by atoms with Crippen LogP contribution >= 0.6 is 11.3 Å². The van der Waals surface area contributed by atoms with Gasteiger partial charge in [-0.25, -0.2) is 15.0 Å². The lowest BCUT2D eigenvalue weighted by atomic mass is 9.80. The van der Waals surface area contributed by atoms with Crippen molar-refractivity contribution < 1.29 is 0 Å². The number of likely N-dealkylation sites (tertiary alicyclic amines) is 1. The Morgan fingerprint density at radius 1 is 1.00 bits per heavy atom. The minimum Gasteiger partial charge on any atom is -0.300 e. The molecule has 0 bridgehead atoms. The molecule has 5 heteroatoms. The lowest BCUT2D eigenvalue weighted by Gasteiger charge is -2.40. The smallest absolute Gasteiger partial charge is 0.115 e. The molecule has 3 heterocycles. The number of benzene rings is 1. The van der Waals surface area contributed by atoms with Crippen molar-refractivity contribution in [1.29, 1.82) is 0 Å². The van der Waals surface area contributed by atoms with Gasteiger partial charge in [0.1, 0.15) is 6.33 Å². The second-order valence-electron chi connectivity index (χ2n) is 6.93. The van der Waals surface area contributed by atoms with Crippen molar-refractivity contribution in [2.45, 2.75) is 37.6 Å². The zero-order chi connectivity index (χ0) is 15.9. The Bertz CT molecular complexity index is 848. The highest BCUT2D eigenvalue weighted by atomic mass is 32.1. The first-order chi connectivity index (χ1) is 11.9. The molecule has 0 radical (unpaired) electrons. The van der Waals surface area contributed by atoms with E-state index < -0.39 is 0 Å². The molecule has 1 saturated heterocycles. The Morgan fingerprint density at radius 2 is 1.79 bits per heavy atom. The molecule has 5 rings (SSSR count). The van der Waals surface area contributed by atoms with Gasteiger partial charge >= 0.3 is 0 Å². The molecule has 0 amide bonds. The number of rotatable bonds is 3. The second kappa shape index (κ2) is 5.90. The van der Waals surface area contributed by atoms with E-state index in [0.717, 1.165) is 17.1 Å². The fourth-order valence-electron chi connectivity index (χ4n) is 3.94. The first kappa shape index (κ1) is 14.5. The molecule has 2 aliphatic rings. The van der Waals surface area contributed by atoms with Crippen molar-refractivity contribution in [3.8, 4) is 11.1 Å². The van der Waals surface area contributed by atoms with Gasteiger partial charge in [-0.15, -0.1) is 11.3 Å². The van der Waals surface area contributed by atoms with Gasteiger partial charge in [-0.2, -0.15) is 0 Å². The molecule has 0 unspecified atom stereocenters. The second-order valence-corrected chi connectivity index (χ2v) is 7.99. The minimum absolute atomic E-state index is 0.663. The molecule has 0 spiro atoms. The van der Waals surface area contributed by atoms with Gasteiger partial charge in [0, 0.05) is 29.9 Å². The van der Waals surface area contributed by atoms with E-state index in [0.29, 0.717) is 5.92 Å². The summed E-state index contributed by atoms with van der Waals surface area (Å²) >= 11 is 1.86. The van der Waals surface area contributed by atoms with Crippen LogP contribution in [-0.2, 0) is 0 Å². The van der Waals surface area contributed by atoms with Gasteiger partial charge in [0.05, 0.1) is 15.2 Å². The van der Waals surface area contributed by atoms with Crippen LogP contribution in [0.4, 0.5) is 0 Å². The maximum absolute atomic E-state index is 4.90. The highest BCUT2D eigenvalue weighted by Gasteiger charge is 2.37. The average Bonchev–Trinajstić information content (AvgIpc) is 3.23. The van der Waals surface area contributed by atoms with Crippen molar-refractivity contribution in [3.05, 3.63) is 41.9 Å². The lowest BCUT2D eigenvalue weighted by molar-refractivity contribution is 0.136. The van der Waals surface area contributed by atoms with Crippen molar-refractivity contribution in [3.63, 3.8) is 0 Å². The SMILES string of the molecule is c1ncc(-c2ccc3nc([C@H]4C[C@@H](N5CCCC5)C4)sc3c2)cn1. The summed E-state index contributed by atoms with van der Waals surface area (Å²) in [7, 11) is 0. The summed E-state index contributed by atoms with van der Waals surface area (Å²) in [6.45, 7) is 2.61. The summed E-state index contributed by atoms with van der Waals surface area (Å²) in [6.07, 6.45) is 10.6. The van der Waals surface area contributed by atoms with E-state index in [-0.39, 0.29) is 0 Å². The van der Waals surface area contributed by atoms with Crippen LogP contribution < -0.4 is 0 Å². The molecule has 4 nitrogen and oxygen atoms in total. The van der Waals surface area contributed by atoms with Crippen LogP contribution in [0.1, 0.15) is 36.6 Å². The van der Waals surface area contributed by atoms with E-state index in [2.05, 4.69) is 33.1 Å². The topological polar surface area (TPSA) is 41.9 Å². The van der Waals surface area contributed by atoms with Gasteiger partial charge in [0.25, 0.3) is 0 Å². The predicted molar refractivity (Wildman–Crippen MR) is 97.2 cm³/mol. The Balaban J connectivity index is 1.37. The number of hydrogen-bond donors (Lipinski definition) is 0. The fourth-order valence-corrected chi connectivity index (χ4v) is 5.07. The largest absolute Gasteiger partial charge is 0.300 e. The third-order valence-electron chi connectivity index (χ3n) is 5.42. The molecule has 1 aliphatic carbocycles. The lowest BCUT2D eigenvalue weighted by Crippen LogP contribution is -2.42. The van der Waals surface area contributed by atoms with Gasteiger partial charge in [-0.1, -0.05) is 6.07 Å². The molecular formula is C19H20N4S. The zero-order valence-corrected chi connectivity index (χ0v) is 14.4. The van der Waals surface area contributed by atoms with Crippen LogP contribution in [0.2, 0.25) is 0 Å². The van der Waals surface area contributed by atoms with E-state index in [1.165, 1.54) is 54.0 Å². The molecule has 122 valence electrons. The molecule has 0 atom stereocenters. The summed E-state index contributed by atoms with van der Waals surface area (Å²) in [5, 5.41) is 1.32. The third kappa shape index (κ3) is 2.52. The molecular weight excluding hydrogens is 316 g/mol. The van der Waals surface area contributed by atoms with E-state index >= 15 is 0 Å². The van der Waals surface area contributed by atoms with Crippen LogP contribution in [0, 0.1) is 0 Å². The average molecular weight is 336 g/mol. The number of thiazole rings is 1. The fraction of sp³-hybridized carbons (Fsp3) is 0.421. The summed E-state index contributed by atoms with van der Waals surface area (Å²) < 4.78 is 1.27. The first-order valence-electron chi connectivity index (χ1n) is 8.77. The van der Waals surface area contributed by atoms with Crippen LogP contribution in [0.5, 0.6) is 0 Å². The Labute approximate surface area is 145 Å². The number of fused-ring (bicyclic) bond motifs is 1. The van der Waals surface area contributed by atoms with Crippen LogP contribution in [0.25, 0.3) is 21.3 Å². The molecule has 3 aromatic rings. The molecule has 1 saturated carbocycles. The van der Waals surface area contributed by atoms with Crippen molar-refractivity contribution >= 4 is 21.6 Å². The maximum atomic E-state index is 4.90. The number of hydrogen-bond acceptors (Lipinski definition) is 5. The molecule has 2 aromatic heterocycles. The third-order valence-corrected chi connectivity index (χ3v) is 6.60. The highest BCUT2D eigenvalue weighted by molar-refractivity contribution is 7.18. The summed E-state index contributed by atoms with van der Waals surface area (Å²) in [6, 6.07) is 7.29. The Hall–Kier alpha value is -1.85. The van der Waals surface area contributed by atoms with E-state index in [1.54, 1.807) is 6.33 Å². The quantitative estimate of drug-likeness (QED) is 0.722. The standard InChI is InChI=1S/C19H20N4S/c1-2-6-23(5-1)16-7-14(8-16)19-22-17-4-3-13(9-18(17)24-19)15-10-20-12-21-11-15/h3-4,9-12,14,16H,1-2,5-8H2/t14-,16+. The van der Waals surface area contributed by atoms with E-state index in [1.807, 2.05) is 23.7 Å². The molecule has 24 heavy (non-hydrogen) atoms. The summed E-state index contributed by atoms with van der Waals surface area (Å²) in [5.41, 5.74) is 3.36. The van der Waals surface area contributed by atoms with Crippen molar-refractivity contribution in [1.82, 2.24) is 19.9 Å². The molecule has 2 fully saturated rings. The number of aromatic nitrogens is 3. The Morgan fingerprint density at radius 3 is 2.58 bits per heavy atom. The maximum Gasteiger partial charge on any atom is 0.115 e. The Kier molecular flexibility index (Phi) is 3.56. The summed E-state index contributed by atoms with van der Waals surface area (Å²) in [5.74, 6) is 0.663. The monoisotopic (exact) mass is 336 g/mol. The van der Waals surface area contributed by atoms with Gasteiger partial charge < -0.3 is 4.90 Å². The normalized spacial score (nSPS) is 24.3. The zero-order valence-electron chi connectivity index (χ0n) is 13.6. The minimum atomic E-state index is 0.663. The van der Waals surface area contributed by atoms with E-state index in [9.17, 15) is 0 Å². The van der Waals surface area contributed by atoms with E-state index in [4.69, 9.17) is 4.98 Å². The van der Waals surface area contributed by atoms with Gasteiger partial charge in [0.15, 0.2) is 0 Å². The van der Waals surface area contributed by atoms with Crippen molar-refractivity contribution in [2.24, 2.45) is 0 Å².